The third kappa shape index (κ3) is 4.10. The van der Waals surface area contributed by atoms with Crippen LogP contribution < -0.4 is 5.32 Å². The Morgan fingerprint density at radius 3 is 2.62 bits per heavy atom. The first-order valence-corrected chi connectivity index (χ1v) is 8.87. The summed E-state index contributed by atoms with van der Waals surface area (Å²) in [7, 11) is 0. The van der Waals surface area contributed by atoms with E-state index in [0.29, 0.717) is 6.04 Å². The fraction of sp³-hybridized carbons (Fsp3) is 0.529. The van der Waals surface area contributed by atoms with Crippen LogP contribution >= 0.6 is 11.8 Å². The molecule has 0 bridgehead atoms. The summed E-state index contributed by atoms with van der Waals surface area (Å²) in [5, 5.41) is 3.57. The first-order chi connectivity index (χ1) is 10.3. The van der Waals surface area contributed by atoms with Crippen molar-refractivity contribution in [3.8, 4) is 0 Å². The molecule has 114 valence electrons. The van der Waals surface area contributed by atoms with E-state index in [4.69, 9.17) is 9.47 Å². The molecular weight excluding hydrogens is 282 g/mol. The van der Waals surface area contributed by atoms with E-state index in [9.17, 15) is 0 Å². The monoisotopic (exact) mass is 305 g/mol. The number of hydrogen-bond acceptors (Lipinski definition) is 4. The number of nitrogens with one attached hydrogen (secondary N) is 1. The molecule has 1 atom stereocenters. The van der Waals surface area contributed by atoms with Crippen molar-refractivity contribution >= 4 is 17.3 Å². The molecule has 1 aromatic rings. The number of ether oxygens (including phenoxy) is 2. The quantitative estimate of drug-likeness (QED) is 0.846. The van der Waals surface area contributed by atoms with Crippen molar-refractivity contribution in [3.63, 3.8) is 0 Å². The highest BCUT2D eigenvalue weighted by atomic mass is 32.2. The standard InChI is InChI=1S/C17H23NO2S/c1-21-16-5-2-13(3-6-16)14-8-9-18-15(12-14)4-7-17-19-10-11-20-17/h2-3,5-6,8,15,17-18H,4,7,9-12H2,1H3. The molecule has 2 heterocycles. The normalized spacial score (nSPS) is 23.3. The Balaban J connectivity index is 1.55. The van der Waals surface area contributed by atoms with Gasteiger partial charge in [-0.2, -0.15) is 0 Å². The minimum absolute atomic E-state index is 0.0158. The summed E-state index contributed by atoms with van der Waals surface area (Å²) >= 11 is 1.79. The summed E-state index contributed by atoms with van der Waals surface area (Å²) in [5.74, 6) is 0. The summed E-state index contributed by atoms with van der Waals surface area (Å²) in [6.45, 7) is 2.45. The van der Waals surface area contributed by atoms with Gasteiger partial charge in [0.2, 0.25) is 0 Å². The Hall–Kier alpha value is -0.810. The van der Waals surface area contributed by atoms with Crippen molar-refractivity contribution in [1.29, 1.82) is 0 Å². The van der Waals surface area contributed by atoms with Gasteiger partial charge in [-0.25, -0.2) is 0 Å². The number of hydrogen-bond donors (Lipinski definition) is 1. The van der Waals surface area contributed by atoms with E-state index in [1.807, 2.05) is 0 Å². The highest BCUT2D eigenvalue weighted by Crippen LogP contribution is 2.26. The smallest absolute Gasteiger partial charge is 0.157 e. The second kappa shape index (κ2) is 7.45. The molecule has 0 amide bonds. The van der Waals surface area contributed by atoms with Gasteiger partial charge in [0.25, 0.3) is 0 Å². The largest absolute Gasteiger partial charge is 0.350 e. The fourth-order valence-electron chi connectivity index (χ4n) is 2.93. The van der Waals surface area contributed by atoms with Crippen LogP contribution in [0.1, 0.15) is 24.8 Å². The Morgan fingerprint density at radius 1 is 1.14 bits per heavy atom. The van der Waals surface area contributed by atoms with Gasteiger partial charge in [0.1, 0.15) is 0 Å². The molecule has 0 radical (unpaired) electrons. The lowest BCUT2D eigenvalue weighted by atomic mass is 9.93. The molecule has 1 fully saturated rings. The Kier molecular flexibility index (Phi) is 5.36. The second-order valence-corrected chi connectivity index (χ2v) is 6.40. The highest BCUT2D eigenvalue weighted by molar-refractivity contribution is 7.98. The van der Waals surface area contributed by atoms with Gasteiger partial charge in [0.15, 0.2) is 6.29 Å². The van der Waals surface area contributed by atoms with Crippen LogP contribution in [0.3, 0.4) is 0 Å². The Labute approximate surface area is 131 Å². The van der Waals surface area contributed by atoms with Gasteiger partial charge >= 0.3 is 0 Å². The lowest BCUT2D eigenvalue weighted by Gasteiger charge is -2.25. The summed E-state index contributed by atoms with van der Waals surface area (Å²) in [6, 6.07) is 9.42. The molecule has 1 N–H and O–H groups in total. The van der Waals surface area contributed by atoms with Crippen molar-refractivity contribution < 1.29 is 9.47 Å². The summed E-state index contributed by atoms with van der Waals surface area (Å²) in [5.41, 5.74) is 2.81. The average Bonchev–Trinajstić information content (AvgIpc) is 3.07. The van der Waals surface area contributed by atoms with E-state index in [0.717, 1.165) is 39.0 Å². The van der Waals surface area contributed by atoms with Gasteiger partial charge in [0.05, 0.1) is 13.2 Å². The Bertz CT molecular complexity index is 480. The summed E-state index contributed by atoms with van der Waals surface area (Å²) in [6.07, 6.45) is 7.61. The van der Waals surface area contributed by atoms with Gasteiger partial charge in [-0.3, -0.25) is 0 Å². The summed E-state index contributed by atoms with van der Waals surface area (Å²) < 4.78 is 11.0. The van der Waals surface area contributed by atoms with E-state index in [-0.39, 0.29) is 6.29 Å². The van der Waals surface area contributed by atoms with Gasteiger partial charge < -0.3 is 14.8 Å². The molecule has 4 heteroatoms. The lowest BCUT2D eigenvalue weighted by Crippen LogP contribution is -2.33. The fourth-order valence-corrected chi connectivity index (χ4v) is 3.33. The molecule has 1 aromatic carbocycles. The molecule has 0 saturated carbocycles. The Morgan fingerprint density at radius 2 is 1.90 bits per heavy atom. The van der Waals surface area contributed by atoms with Gasteiger partial charge in [0, 0.05) is 17.5 Å². The maximum atomic E-state index is 5.51. The first kappa shape index (κ1) is 15.1. The van der Waals surface area contributed by atoms with Crippen LogP contribution in [0.2, 0.25) is 0 Å². The average molecular weight is 305 g/mol. The molecule has 3 rings (SSSR count). The zero-order chi connectivity index (χ0) is 14.5. The van der Waals surface area contributed by atoms with E-state index < -0.39 is 0 Å². The second-order valence-electron chi connectivity index (χ2n) is 5.52. The predicted octanol–water partition coefficient (Wildman–Crippen LogP) is 3.31. The molecule has 0 aliphatic carbocycles. The molecule has 0 spiro atoms. The van der Waals surface area contributed by atoms with E-state index in [1.165, 1.54) is 16.0 Å². The number of thioether (sulfide) groups is 1. The third-order valence-corrected chi connectivity index (χ3v) is 4.87. The third-order valence-electron chi connectivity index (χ3n) is 4.12. The van der Waals surface area contributed by atoms with Crippen molar-refractivity contribution in [2.75, 3.05) is 26.0 Å². The topological polar surface area (TPSA) is 30.5 Å². The molecule has 0 aromatic heterocycles. The van der Waals surface area contributed by atoms with Gasteiger partial charge in [-0.15, -0.1) is 11.8 Å². The zero-order valence-electron chi connectivity index (χ0n) is 12.5. The van der Waals surface area contributed by atoms with Crippen LogP contribution in [0.15, 0.2) is 35.2 Å². The minimum Gasteiger partial charge on any atom is -0.350 e. The zero-order valence-corrected chi connectivity index (χ0v) is 13.3. The predicted molar refractivity (Wildman–Crippen MR) is 87.5 cm³/mol. The molecule has 2 aliphatic rings. The lowest BCUT2D eigenvalue weighted by molar-refractivity contribution is -0.0490. The summed E-state index contributed by atoms with van der Waals surface area (Å²) in [4.78, 5) is 1.32. The van der Waals surface area contributed by atoms with Crippen LogP contribution in [0.5, 0.6) is 0 Å². The van der Waals surface area contributed by atoms with E-state index in [2.05, 4.69) is 41.9 Å². The molecule has 1 saturated heterocycles. The molecule has 1 unspecified atom stereocenters. The van der Waals surface area contributed by atoms with Crippen LogP contribution in [0.25, 0.3) is 5.57 Å². The van der Waals surface area contributed by atoms with Crippen LogP contribution in [-0.4, -0.2) is 38.3 Å². The molecular formula is C17H23NO2S. The van der Waals surface area contributed by atoms with Crippen LogP contribution in [-0.2, 0) is 9.47 Å². The number of rotatable bonds is 5. The maximum absolute atomic E-state index is 5.51. The van der Waals surface area contributed by atoms with E-state index in [1.54, 1.807) is 11.8 Å². The molecule has 3 nitrogen and oxygen atoms in total. The van der Waals surface area contributed by atoms with Crippen molar-refractivity contribution in [2.45, 2.75) is 36.5 Å². The van der Waals surface area contributed by atoms with Crippen molar-refractivity contribution in [3.05, 3.63) is 35.9 Å². The van der Waals surface area contributed by atoms with Gasteiger partial charge in [-0.1, -0.05) is 18.2 Å². The number of benzene rings is 1. The first-order valence-electron chi connectivity index (χ1n) is 7.65. The van der Waals surface area contributed by atoms with Crippen molar-refractivity contribution in [2.24, 2.45) is 0 Å². The van der Waals surface area contributed by atoms with Crippen LogP contribution in [0.4, 0.5) is 0 Å². The SMILES string of the molecule is CSc1ccc(C2=CCNC(CCC3OCCO3)C2)cc1. The van der Waals surface area contributed by atoms with Crippen molar-refractivity contribution in [1.82, 2.24) is 5.32 Å². The molecule has 21 heavy (non-hydrogen) atoms. The highest BCUT2D eigenvalue weighted by Gasteiger charge is 2.20. The van der Waals surface area contributed by atoms with Crippen LogP contribution in [0, 0.1) is 0 Å². The maximum Gasteiger partial charge on any atom is 0.157 e. The van der Waals surface area contributed by atoms with E-state index >= 15 is 0 Å². The molecule has 2 aliphatic heterocycles. The minimum atomic E-state index is 0.0158. The van der Waals surface area contributed by atoms with Gasteiger partial charge in [-0.05, 0) is 48.8 Å².